The molecular weight excluding hydrogens is 693 g/mol. The summed E-state index contributed by atoms with van der Waals surface area (Å²) in [6.07, 6.45) is 0. The highest BCUT2D eigenvalue weighted by Crippen LogP contribution is 2.53. The lowest BCUT2D eigenvalue weighted by atomic mass is 9.79. The Morgan fingerprint density at radius 1 is 0.463 bits per heavy atom. The van der Waals surface area contributed by atoms with Gasteiger partial charge in [0.05, 0.1) is 14.2 Å². The molecule has 0 aliphatic carbocycles. The van der Waals surface area contributed by atoms with Crippen LogP contribution in [0.15, 0.2) is 84.9 Å². The molecule has 0 amide bonds. The Balaban J connectivity index is 0.000000987. The van der Waals surface area contributed by atoms with Crippen LogP contribution in [0.3, 0.4) is 0 Å². The minimum atomic E-state index is -1.75. The average molecular weight is 737 g/mol. The summed E-state index contributed by atoms with van der Waals surface area (Å²) in [4.78, 5) is 9.44. The van der Waals surface area contributed by atoms with Gasteiger partial charge in [-0.05, 0) is 92.0 Å². The highest BCUT2D eigenvalue weighted by molar-refractivity contribution is 6.84. The molecule has 0 bridgehead atoms. The van der Waals surface area contributed by atoms with E-state index >= 15 is 0 Å². The van der Waals surface area contributed by atoms with Gasteiger partial charge >= 0.3 is 0 Å². The van der Waals surface area contributed by atoms with Crippen LogP contribution in [0, 0.1) is 22.9 Å². The molecule has 9 aromatic carbocycles. The largest absolute Gasteiger partial charge is 0.496 e. The van der Waals surface area contributed by atoms with E-state index in [0.717, 1.165) is 33.4 Å². The molecule has 0 heterocycles. The molecule has 0 N–H and O–H groups in total. The molecule has 0 aromatic heterocycles. The first-order chi connectivity index (χ1) is 25.7. The Hall–Kier alpha value is -5.60. The van der Waals surface area contributed by atoms with Crippen molar-refractivity contribution in [1.29, 1.82) is 0 Å². The number of carbonyl (C=O) groups excluding carboxylic acids is 1. The first kappa shape index (κ1) is 35.4. The van der Waals surface area contributed by atoms with Crippen molar-refractivity contribution in [2.24, 2.45) is 0 Å². The van der Waals surface area contributed by atoms with Gasteiger partial charge in [-0.15, -0.1) is 11.1 Å². The Morgan fingerprint density at radius 3 is 1.19 bits per heavy atom. The standard InChI is InChI=1S/C46H38O2Si2.C3H6O/c1-47-37-19-15-27-13-17-33-41-31(21-23-49(3,4)5)35-25-29-11-9-10-12-30(29)26-36(35)32(22-24-50(6,7)8)42(41)34-18-14-28-16-20-38(48-2)46-40(28)44(34)43(33)39(27)45(37)46;1-3(2)4/h9-20,25-26H,1-8H3;1-2H3. The lowest BCUT2D eigenvalue weighted by Crippen LogP contribution is -2.16. The second-order valence-electron chi connectivity index (χ2n) is 16.6. The molecule has 0 aliphatic rings. The van der Waals surface area contributed by atoms with E-state index in [2.05, 4.69) is 147 Å². The summed E-state index contributed by atoms with van der Waals surface area (Å²) < 4.78 is 12.3. The van der Waals surface area contributed by atoms with Gasteiger partial charge in [0.1, 0.15) is 33.4 Å². The Morgan fingerprint density at radius 2 is 0.833 bits per heavy atom. The van der Waals surface area contributed by atoms with Crippen molar-refractivity contribution >= 4 is 108 Å². The molecule has 9 rings (SSSR count). The van der Waals surface area contributed by atoms with E-state index in [0.29, 0.717) is 0 Å². The topological polar surface area (TPSA) is 35.5 Å². The fourth-order valence-corrected chi connectivity index (χ4v) is 9.04. The van der Waals surface area contributed by atoms with Crippen LogP contribution in [0.2, 0.25) is 39.3 Å². The molecule has 3 nitrogen and oxygen atoms in total. The summed E-state index contributed by atoms with van der Waals surface area (Å²) in [6.45, 7) is 17.0. The van der Waals surface area contributed by atoms with Crippen LogP contribution in [0.5, 0.6) is 11.5 Å². The first-order valence-corrected chi connectivity index (χ1v) is 25.6. The number of ether oxygens (including phenoxy) is 2. The predicted molar refractivity (Wildman–Crippen MR) is 239 cm³/mol. The Kier molecular flexibility index (Phi) is 8.38. The van der Waals surface area contributed by atoms with E-state index in [1.807, 2.05) is 0 Å². The molecule has 0 atom stereocenters. The van der Waals surface area contributed by atoms with Crippen molar-refractivity contribution in [3.8, 4) is 34.4 Å². The van der Waals surface area contributed by atoms with Gasteiger partial charge < -0.3 is 14.3 Å². The van der Waals surface area contributed by atoms with E-state index in [1.54, 1.807) is 14.2 Å². The Bertz CT molecular complexity index is 2930. The van der Waals surface area contributed by atoms with Crippen molar-refractivity contribution in [3.63, 3.8) is 0 Å². The van der Waals surface area contributed by atoms with Crippen LogP contribution in [-0.2, 0) is 4.79 Å². The number of hydrogen-bond donors (Lipinski definition) is 0. The zero-order valence-corrected chi connectivity index (χ0v) is 34.8. The summed E-state index contributed by atoms with van der Waals surface area (Å²) >= 11 is 0. The maximum absolute atomic E-state index is 9.44. The molecule has 9 aromatic rings. The summed E-state index contributed by atoms with van der Waals surface area (Å²) in [5.74, 6) is 9.58. The summed E-state index contributed by atoms with van der Waals surface area (Å²) in [7, 11) is 0.0323. The average Bonchev–Trinajstić information content (AvgIpc) is 3.12. The summed E-state index contributed by atoms with van der Waals surface area (Å²) in [5, 5.41) is 19.1. The molecule has 0 aliphatic heterocycles. The third-order valence-corrected chi connectivity index (χ3v) is 11.8. The molecule has 0 radical (unpaired) electrons. The molecule has 0 fully saturated rings. The third kappa shape index (κ3) is 5.71. The van der Waals surface area contributed by atoms with E-state index in [1.165, 1.54) is 89.3 Å². The fraction of sp³-hybridized carbons (Fsp3) is 0.204. The highest BCUT2D eigenvalue weighted by atomic mass is 28.3. The number of benzene rings is 9. The van der Waals surface area contributed by atoms with Crippen molar-refractivity contribution in [2.45, 2.75) is 53.1 Å². The lowest BCUT2D eigenvalue weighted by Gasteiger charge is -2.24. The molecule has 54 heavy (non-hydrogen) atoms. The third-order valence-electron chi connectivity index (χ3n) is 10.1. The van der Waals surface area contributed by atoms with Gasteiger partial charge in [0.2, 0.25) is 0 Å². The van der Waals surface area contributed by atoms with E-state index in [-0.39, 0.29) is 5.78 Å². The quantitative estimate of drug-likeness (QED) is 0.0767. The number of ketones is 1. The van der Waals surface area contributed by atoms with Gasteiger partial charge in [0.15, 0.2) is 0 Å². The number of carbonyl (C=O) groups is 1. The zero-order valence-electron chi connectivity index (χ0n) is 32.8. The second-order valence-corrected chi connectivity index (χ2v) is 26.1. The van der Waals surface area contributed by atoms with Crippen LogP contribution in [0.25, 0.3) is 86.2 Å². The highest BCUT2D eigenvalue weighted by Gasteiger charge is 2.27. The lowest BCUT2D eigenvalue weighted by molar-refractivity contribution is -0.115. The fourth-order valence-electron chi connectivity index (χ4n) is 8.04. The smallest absolute Gasteiger partial charge is 0.129 e. The molecule has 266 valence electrons. The second kappa shape index (κ2) is 12.8. The molecule has 0 saturated carbocycles. The molecule has 0 spiro atoms. The van der Waals surface area contributed by atoms with Crippen molar-refractivity contribution in [3.05, 3.63) is 96.1 Å². The minimum Gasteiger partial charge on any atom is -0.496 e. The maximum atomic E-state index is 9.44. The van der Waals surface area contributed by atoms with E-state index in [4.69, 9.17) is 9.47 Å². The van der Waals surface area contributed by atoms with Crippen molar-refractivity contribution in [2.75, 3.05) is 14.2 Å². The van der Waals surface area contributed by atoms with Gasteiger partial charge in [-0.1, -0.05) is 112 Å². The van der Waals surface area contributed by atoms with Gasteiger partial charge in [-0.25, -0.2) is 0 Å². The van der Waals surface area contributed by atoms with Crippen LogP contribution in [0.1, 0.15) is 25.0 Å². The summed E-state index contributed by atoms with van der Waals surface area (Å²) in [6, 6.07) is 31.2. The monoisotopic (exact) mass is 736 g/mol. The normalized spacial score (nSPS) is 12.0. The number of fused-ring (bicyclic) bond motifs is 6. The van der Waals surface area contributed by atoms with E-state index in [9.17, 15) is 4.79 Å². The maximum Gasteiger partial charge on any atom is 0.129 e. The van der Waals surface area contributed by atoms with E-state index < -0.39 is 16.1 Å². The SMILES string of the molecule is CC(C)=O.COc1ccc2ccc3c4c(C#C[Si](C)(C)C)c5cc6ccccc6cc5c(C#C[Si](C)(C)C)c4c4ccc5ccc(OC)c6c1c2c3c4c56. The number of rotatable bonds is 2. The summed E-state index contributed by atoms with van der Waals surface area (Å²) in [5.41, 5.74) is 9.79. The number of Topliss-reactive ketones (excluding diaryl/α,β-unsaturated/α-hetero) is 1. The van der Waals surface area contributed by atoms with Gasteiger partial charge in [0, 0.05) is 43.4 Å². The Labute approximate surface area is 318 Å². The number of hydrogen-bond acceptors (Lipinski definition) is 3. The molecule has 0 unspecified atom stereocenters. The van der Waals surface area contributed by atoms with Crippen LogP contribution >= 0.6 is 0 Å². The zero-order chi connectivity index (χ0) is 38.3. The predicted octanol–water partition coefficient (Wildman–Crippen LogP) is 12.9. The molecular formula is C49H44O3Si2. The molecule has 0 saturated heterocycles. The molecule has 5 heteroatoms. The van der Waals surface area contributed by atoms with Crippen LogP contribution in [0.4, 0.5) is 0 Å². The number of methoxy groups -OCH3 is 2. The van der Waals surface area contributed by atoms with Gasteiger partial charge in [-0.3, -0.25) is 0 Å². The van der Waals surface area contributed by atoms with Crippen LogP contribution in [-0.4, -0.2) is 36.2 Å². The minimum absolute atomic E-state index is 0.167. The van der Waals surface area contributed by atoms with Gasteiger partial charge in [0.25, 0.3) is 0 Å². The van der Waals surface area contributed by atoms with Crippen LogP contribution < -0.4 is 9.47 Å². The van der Waals surface area contributed by atoms with Crippen molar-refractivity contribution < 1.29 is 14.3 Å². The van der Waals surface area contributed by atoms with Gasteiger partial charge in [-0.2, -0.15) is 0 Å². The first-order valence-electron chi connectivity index (χ1n) is 18.6. The van der Waals surface area contributed by atoms with Crippen molar-refractivity contribution in [1.82, 2.24) is 0 Å².